The fraction of sp³-hybridized carbons (Fsp3) is 0.938. The third-order valence-corrected chi connectivity index (χ3v) is 7.18. The number of hydrogen-bond donors (Lipinski definition) is 1. The van der Waals surface area contributed by atoms with Gasteiger partial charge in [-0.3, -0.25) is 9.59 Å². The summed E-state index contributed by atoms with van der Waals surface area (Å²) in [5.41, 5.74) is 0. The summed E-state index contributed by atoms with van der Waals surface area (Å²) >= 11 is 0. The van der Waals surface area contributed by atoms with Crippen LogP contribution in [0.3, 0.4) is 0 Å². The second-order valence-corrected chi connectivity index (χ2v) is 10.8. The molecule has 0 spiro atoms. The lowest BCUT2D eigenvalue weighted by molar-refractivity contribution is -0.144. The van der Waals surface area contributed by atoms with Gasteiger partial charge in [0.15, 0.2) is 0 Å². The van der Waals surface area contributed by atoms with E-state index in [-0.39, 0.29) is 11.9 Å². The van der Waals surface area contributed by atoms with Crippen LogP contribution in [-0.2, 0) is 14.3 Å². The molecule has 4 nitrogen and oxygen atoms in total. The molecule has 36 heavy (non-hydrogen) atoms. The number of rotatable bonds is 29. The van der Waals surface area contributed by atoms with Crippen molar-refractivity contribution in [3.63, 3.8) is 0 Å². The van der Waals surface area contributed by atoms with Gasteiger partial charge in [-0.25, -0.2) is 0 Å². The first-order chi connectivity index (χ1) is 17.7. The number of esters is 1. The zero-order chi connectivity index (χ0) is 26.4. The van der Waals surface area contributed by atoms with Crippen molar-refractivity contribution in [2.45, 2.75) is 181 Å². The van der Waals surface area contributed by atoms with Crippen molar-refractivity contribution in [1.29, 1.82) is 0 Å². The maximum atomic E-state index is 11.9. The predicted molar refractivity (Wildman–Crippen MR) is 155 cm³/mol. The van der Waals surface area contributed by atoms with Gasteiger partial charge in [-0.2, -0.15) is 0 Å². The van der Waals surface area contributed by atoms with Crippen molar-refractivity contribution in [3.8, 4) is 0 Å². The Morgan fingerprint density at radius 2 is 0.806 bits per heavy atom. The molecule has 0 bridgehead atoms. The Hall–Kier alpha value is -1.06. The molecule has 0 rings (SSSR count). The minimum absolute atomic E-state index is 0.0825. The molecule has 0 aliphatic rings. The molecule has 0 aromatic heterocycles. The highest BCUT2D eigenvalue weighted by atomic mass is 16.5. The fourth-order valence-corrected chi connectivity index (χ4v) is 4.75. The summed E-state index contributed by atoms with van der Waals surface area (Å²) < 4.78 is 5.26. The van der Waals surface area contributed by atoms with Gasteiger partial charge in [0, 0.05) is 12.8 Å². The molecule has 0 atom stereocenters. The molecule has 4 heteroatoms. The number of ether oxygens (including phenoxy) is 1. The number of nitrogens with one attached hydrogen (secondary N) is 1. The molecule has 0 aliphatic heterocycles. The number of amides is 1. The lowest BCUT2D eigenvalue weighted by Crippen LogP contribution is -2.27. The Morgan fingerprint density at radius 1 is 0.472 bits per heavy atom. The van der Waals surface area contributed by atoms with E-state index in [0.29, 0.717) is 26.0 Å². The van der Waals surface area contributed by atoms with Crippen LogP contribution in [0.4, 0.5) is 0 Å². The van der Waals surface area contributed by atoms with E-state index in [4.69, 9.17) is 4.74 Å². The van der Waals surface area contributed by atoms with Gasteiger partial charge in [0.05, 0.1) is 6.54 Å². The average Bonchev–Trinajstić information content (AvgIpc) is 2.88. The third-order valence-electron chi connectivity index (χ3n) is 7.18. The van der Waals surface area contributed by atoms with Crippen LogP contribution in [0.5, 0.6) is 0 Å². The van der Waals surface area contributed by atoms with Gasteiger partial charge in [-0.05, 0) is 12.8 Å². The van der Waals surface area contributed by atoms with Crippen molar-refractivity contribution in [1.82, 2.24) is 5.32 Å². The molecule has 0 radical (unpaired) electrons. The Morgan fingerprint density at radius 3 is 1.19 bits per heavy atom. The van der Waals surface area contributed by atoms with E-state index in [9.17, 15) is 9.59 Å². The van der Waals surface area contributed by atoms with E-state index < -0.39 is 0 Å². The van der Waals surface area contributed by atoms with Gasteiger partial charge in [-0.15, -0.1) is 0 Å². The SMILES string of the molecule is CCCCCCCCCCCCCCC(=O)NCCOC(=O)CCCCCCCCCCCCCC. The minimum atomic E-state index is -0.128. The standard InChI is InChI=1S/C32H63NO3/c1-3-5-7-9-11-13-15-17-19-21-23-25-27-31(34)33-29-30-36-32(35)28-26-24-22-20-18-16-14-12-10-8-6-4-2/h3-30H2,1-2H3,(H,33,34). The van der Waals surface area contributed by atoms with E-state index in [1.54, 1.807) is 0 Å². The Kier molecular flexibility index (Phi) is 29.3. The van der Waals surface area contributed by atoms with Crippen molar-refractivity contribution in [2.75, 3.05) is 13.2 Å². The number of unbranched alkanes of at least 4 members (excludes halogenated alkanes) is 22. The minimum Gasteiger partial charge on any atom is -0.464 e. The Labute approximate surface area is 225 Å². The van der Waals surface area contributed by atoms with Gasteiger partial charge < -0.3 is 10.1 Å². The normalized spacial score (nSPS) is 11.1. The van der Waals surface area contributed by atoms with Gasteiger partial charge in [-0.1, -0.05) is 155 Å². The molecule has 0 saturated heterocycles. The van der Waals surface area contributed by atoms with Crippen LogP contribution in [0, 0.1) is 0 Å². The summed E-state index contributed by atoms with van der Waals surface area (Å²) in [6.45, 7) is 5.26. The second kappa shape index (κ2) is 30.2. The van der Waals surface area contributed by atoms with E-state index in [1.807, 2.05) is 0 Å². The molecule has 0 aliphatic carbocycles. The van der Waals surface area contributed by atoms with Crippen LogP contribution in [0.2, 0.25) is 0 Å². The van der Waals surface area contributed by atoms with Crippen LogP contribution in [0.25, 0.3) is 0 Å². The fourth-order valence-electron chi connectivity index (χ4n) is 4.75. The Balaban J connectivity index is 3.27. The molecular formula is C32H63NO3. The molecule has 0 saturated carbocycles. The quantitative estimate of drug-likeness (QED) is 0.0806. The van der Waals surface area contributed by atoms with Gasteiger partial charge in [0.25, 0.3) is 0 Å². The third kappa shape index (κ3) is 29.2. The van der Waals surface area contributed by atoms with Crippen molar-refractivity contribution >= 4 is 11.9 Å². The first kappa shape index (κ1) is 34.9. The molecule has 214 valence electrons. The van der Waals surface area contributed by atoms with Crippen molar-refractivity contribution in [3.05, 3.63) is 0 Å². The van der Waals surface area contributed by atoms with E-state index in [0.717, 1.165) is 25.7 Å². The monoisotopic (exact) mass is 509 g/mol. The van der Waals surface area contributed by atoms with Gasteiger partial charge in [0.1, 0.15) is 6.61 Å². The first-order valence-corrected chi connectivity index (χ1v) is 16.1. The molecule has 0 fully saturated rings. The highest BCUT2D eigenvalue weighted by molar-refractivity contribution is 5.75. The first-order valence-electron chi connectivity index (χ1n) is 16.1. The van der Waals surface area contributed by atoms with Gasteiger partial charge >= 0.3 is 5.97 Å². The van der Waals surface area contributed by atoms with Crippen LogP contribution in [0.1, 0.15) is 181 Å². The van der Waals surface area contributed by atoms with E-state index >= 15 is 0 Å². The maximum Gasteiger partial charge on any atom is 0.305 e. The summed E-state index contributed by atoms with van der Waals surface area (Å²) in [6, 6.07) is 0. The smallest absolute Gasteiger partial charge is 0.305 e. The second-order valence-electron chi connectivity index (χ2n) is 10.8. The van der Waals surface area contributed by atoms with E-state index in [1.165, 1.54) is 128 Å². The average molecular weight is 510 g/mol. The van der Waals surface area contributed by atoms with Crippen LogP contribution < -0.4 is 5.32 Å². The summed E-state index contributed by atoms with van der Waals surface area (Å²) in [6.07, 6.45) is 32.2. The number of hydrogen-bond acceptors (Lipinski definition) is 3. The summed E-state index contributed by atoms with van der Waals surface area (Å²) in [4.78, 5) is 23.7. The topological polar surface area (TPSA) is 55.4 Å². The molecule has 1 amide bonds. The summed E-state index contributed by atoms with van der Waals surface area (Å²) in [7, 11) is 0. The maximum absolute atomic E-state index is 11.9. The lowest BCUT2D eigenvalue weighted by Gasteiger charge is -2.07. The molecular weight excluding hydrogens is 446 g/mol. The number of carbonyl (C=O) groups is 2. The zero-order valence-corrected chi connectivity index (χ0v) is 24.5. The zero-order valence-electron chi connectivity index (χ0n) is 24.5. The van der Waals surface area contributed by atoms with Gasteiger partial charge in [0.2, 0.25) is 5.91 Å². The lowest BCUT2D eigenvalue weighted by atomic mass is 10.0. The predicted octanol–water partition coefficient (Wildman–Crippen LogP) is 9.83. The molecule has 0 aromatic carbocycles. The van der Waals surface area contributed by atoms with Crippen LogP contribution in [-0.4, -0.2) is 25.0 Å². The Bertz CT molecular complexity index is 424. The number of carbonyl (C=O) groups excluding carboxylic acids is 2. The van der Waals surface area contributed by atoms with Crippen LogP contribution in [0.15, 0.2) is 0 Å². The van der Waals surface area contributed by atoms with Crippen molar-refractivity contribution in [2.24, 2.45) is 0 Å². The molecule has 0 unspecified atom stereocenters. The molecule has 0 heterocycles. The largest absolute Gasteiger partial charge is 0.464 e. The van der Waals surface area contributed by atoms with Crippen molar-refractivity contribution < 1.29 is 14.3 Å². The highest BCUT2D eigenvalue weighted by Gasteiger charge is 2.04. The van der Waals surface area contributed by atoms with E-state index in [2.05, 4.69) is 19.2 Å². The molecule has 0 aromatic rings. The highest BCUT2D eigenvalue weighted by Crippen LogP contribution is 2.13. The molecule has 1 N–H and O–H groups in total. The summed E-state index contributed by atoms with van der Waals surface area (Å²) in [5.74, 6) is -0.0450. The summed E-state index contributed by atoms with van der Waals surface area (Å²) in [5, 5.41) is 2.88. The van der Waals surface area contributed by atoms with Crippen LogP contribution >= 0.6 is 0 Å².